The zero-order valence-corrected chi connectivity index (χ0v) is 10.8. The van der Waals surface area contributed by atoms with Gasteiger partial charge in [-0.25, -0.2) is 14.4 Å². The molecule has 0 aliphatic rings. The second-order valence-corrected chi connectivity index (χ2v) is 4.24. The smallest absolute Gasteiger partial charge is 0.258 e. The second-order valence-electron chi connectivity index (χ2n) is 3.52. The largest absolute Gasteiger partial charge is 0.399 e. The highest BCUT2D eigenvalue weighted by atomic mass is 35.5. The predicted octanol–water partition coefficient (Wildman–Crippen LogP) is 2.76. The van der Waals surface area contributed by atoms with Crippen LogP contribution >= 0.6 is 23.2 Å². The minimum atomic E-state index is -0.747. The number of carbonyl (C=O) groups excluding carboxylic acids is 1. The van der Waals surface area contributed by atoms with E-state index in [1.165, 1.54) is 12.1 Å². The molecule has 0 aliphatic heterocycles. The van der Waals surface area contributed by atoms with Gasteiger partial charge < -0.3 is 11.1 Å². The second kappa shape index (κ2) is 5.38. The Labute approximate surface area is 117 Å². The van der Waals surface area contributed by atoms with E-state index in [-0.39, 0.29) is 27.2 Å². The summed E-state index contributed by atoms with van der Waals surface area (Å²) in [5.74, 6) is -1.46. The molecule has 5 nitrogen and oxygen atoms in total. The first-order valence-electron chi connectivity index (χ1n) is 5.01. The van der Waals surface area contributed by atoms with Crippen molar-refractivity contribution in [1.29, 1.82) is 0 Å². The molecular formula is C11H7Cl2FN4O. The van der Waals surface area contributed by atoms with Crippen LogP contribution in [0.15, 0.2) is 24.5 Å². The van der Waals surface area contributed by atoms with E-state index >= 15 is 0 Å². The van der Waals surface area contributed by atoms with E-state index < -0.39 is 11.7 Å². The first kappa shape index (κ1) is 13.5. The summed E-state index contributed by atoms with van der Waals surface area (Å²) in [6.07, 6.45) is 1.14. The number of amides is 1. The molecule has 0 unspecified atom stereocenters. The van der Waals surface area contributed by atoms with Crippen LogP contribution in [0, 0.1) is 5.82 Å². The summed E-state index contributed by atoms with van der Waals surface area (Å²) in [6.45, 7) is 0. The summed E-state index contributed by atoms with van der Waals surface area (Å²) < 4.78 is 13.5. The Morgan fingerprint density at radius 3 is 2.53 bits per heavy atom. The topological polar surface area (TPSA) is 80.9 Å². The van der Waals surface area contributed by atoms with Gasteiger partial charge in [0.05, 0.1) is 5.56 Å². The average molecular weight is 301 g/mol. The van der Waals surface area contributed by atoms with Gasteiger partial charge in [0.25, 0.3) is 5.91 Å². The minimum Gasteiger partial charge on any atom is -0.399 e. The lowest BCUT2D eigenvalue weighted by Gasteiger charge is -2.08. The molecule has 19 heavy (non-hydrogen) atoms. The predicted molar refractivity (Wildman–Crippen MR) is 70.8 cm³/mol. The molecule has 2 aromatic rings. The SMILES string of the molecule is Nc1ccc(F)c(C(=O)Nc2c(Cl)ncnc2Cl)c1. The number of nitrogens with two attached hydrogens (primary N) is 1. The van der Waals surface area contributed by atoms with E-state index in [1.54, 1.807) is 0 Å². The third kappa shape index (κ3) is 2.91. The maximum Gasteiger partial charge on any atom is 0.258 e. The Hall–Kier alpha value is -1.92. The molecule has 1 aromatic heterocycles. The molecule has 98 valence electrons. The zero-order valence-electron chi connectivity index (χ0n) is 9.32. The van der Waals surface area contributed by atoms with E-state index in [9.17, 15) is 9.18 Å². The normalized spacial score (nSPS) is 10.3. The van der Waals surface area contributed by atoms with Gasteiger partial charge >= 0.3 is 0 Å². The number of hydrogen-bond donors (Lipinski definition) is 2. The van der Waals surface area contributed by atoms with Gasteiger partial charge in [-0.3, -0.25) is 4.79 Å². The van der Waals surface area contributed by atoms with Gasteiger partial charge in [-0.1, -0.05) is 23.2 Å². The maximum atomic E-state index is 13.5. The highest BCUT2D eigenvalue weighted by Crippen LogP contribution is 2.26. The van der Waals surface area contributed by atoms with E-state index in [4.69, 9.17) is 28.9 Å². The van der Waals surface area contributed by atoms with Crippen LogP contribution in [0.25, 0.3) is 0 Å². The monoisotopic (exact) mass is 300 g/mol. The lowest BCUT2D eigenvalue weighted by molar-refractivity contribution is 0.102. The van der Waals surface area contributed by atoms with Crippen molar-refractivity contribution in [3.8, 4) is 0 Å². The van der Waals surface area contributed by atoms with E-state index in [0.717, 1.165) is 12.4 Å². The van der Waals surface area contributed by atoms with Gasteiger partial charge in [-0.15, -0.1) is 0 Å². The number of rotatable bonds is 2. The van der Waals surface area contributed by atoms with Crippen molar-refractivity contribution >= 4 is 40.5 Å². The fourth-order valence-corrected chi connectivity index (χ4v) is 1.75. The lowest BCUT2D eigenvalue weighted by atomic mass is 10.1. The molecule has 0 saturated carbocycles. The molecule has 8 heteroatoms. The standard InChI is InChI=1S/C11H7Cl2FN4O/c12-9-8(10(13)17-4-16-9)18-11(19)6-3-5(15)1-2-7(6)14/h1-4H,15H2,(H,18,19). The number of halogens is 3. The number of nitrogens with one attached hydrogen (secondary N) is 1. The van der Waals surface area contributed by atoms with Crippen molar-refractivity contribution in [3.63, 3.8) is 0 Å². The van der Waals surface area contributed by atoms with E-state index in [0.29, 0.717) is 0 Å². The van der Waals surface area contributed by atoms with E-state index in [1.807, 2.05) is 0 Å². The molecule has 0 atom stereocenters. The number of nitrogen functional groups attached to an aromatic ring is 1. The lowest BCUT2D eigenvalue weighted by Crippen LogP contribution is -2.15. The fourth-order valence-electron chi connectivity index (χ4n) is 1.35. The first-order chi connectivity index (χ1) is 8.99. The Bertz CT molecular complexity index is 630. The highest BCUT2D eigenvalue weighted by molar-refractivity contribution is 6.38. The number of benzene rings is 1. The summed E-state index contributed by atoms with van der Waals surface area (Å²) >= 11 is 11.5. The number of aromatic nitrogens is 2. The highest BCUT2D eigenvalue weighted by Gasteiger charge is 2.16. The van der Waals surface area contributed by atoms with Crippen LogP contribution < -0.4 is 11.1 Å². The molecule has 1 aromatic carbocycles. The fraction of sp³-hybridized carbons (Fsp3) is 0. The Morgan fingerprint density at radius 1 is 1.26 bits per heavy atom. The molecule has 3 N–H and O–H groups in total. The van der Waals surface area contributed by atoms with Crippen molar-refractivity contribution in [1.82, 2.24) is 9.97 Å². The molecule has 1 amide bonds. The van der Waals surface area contributed by atoms with E-state index in [2.05, 4.69) is 15.3 Å². The van der Waals surface area contributed by atoms with Crippen molar-refractivity contribution in [2.24, 2.45) is 0 Å². The van der Waals surface area contributed by atoms with Crippen LogP contribution in [0.1, 0.15) is 10.4 Å². The number of nitrogens with zero attached hydrogens (tertiary/aromatic N) is 2. The minimum absolute atomic E-state index is 0.0117. The molecule has 0 radical (unpaired) electrons. The molecule has 0 spiro atoms. The van der Waals surface area contributed by atoms with Crippen molar-refractivity contribution in [2.45, 2.75) is 0 Å². The molecule has 2 rings (SSSR count). The summed E-state index contributed by atoms with van der Waals surface area (Å²) in [4.78, 5) is 19.2. The van der Waals surface area contributed by atoms with Gasteiger partial charge in [-0.05, 0) is 18.2 Å². The van der Waals surface area contributed by atoms with Crippen LogP contribution in [0.5, 0.6) is 0 Å². The summed E-state index contributed by atoms with van der Waals surface area (Å²) in [5.41, 5.74) is 5.54. The van der Waals surface area contributed by atoms with Gasteiger partial charge in [-0.2, -0.15) is 0 Å². The van der Waals surface area contributed by atoms with Crippen LogP contribution in [0.4, 0.5) is 15.8 Å². The van der Waals surface area contributed by atoms with Crippen molar-refractivity contribution in [2.75, 3.05) is 11.1 Å². The van der Waals surface area contributed by atoms with Gasteiger partial charge in [0.15, 0.2) is 10.3 Å². The third-order valence-electron chi connectivity index (χ3n) is 2.23. The van der Waals surface area contributed by atoms with Crippen LogP contribution in [0.2, 0.25) is 10.3 Å². The number of anilines is 2. The Morgan fingerprint density at radius 2 is 1.89 bits per heavy atom. The van der Waals surface area contributed by atoms with Crippen LogP contribution in [0.3, 0.4) is 0 Å². The summed E-state index contributed by atoms with van der Waals surface area (Å²) in [7, 11) is 0. The van der Waals surface area contributed by atoms with Gasteiger partial charge in [0.1, 0.15) is 17.8 Å². The van der Waals surface area contributed by atoms with Crippen LogP contribution in [-0.4, -0.2) is 15.9 Å². The maximum absolute atomic E-state index is 13.5. The van der Waals surface area contributed by atoms with Crippen molar-refractivity contribution < 1.29 is 9.18 Å². The van der Waals surface area contributed by atoms with Gasteiger partial charge in [0, 0.05) is 5.69 Å². The number of hydrogen-bond acceptors (Lipinski definition) is 4. The molecule has 0 fully saturated rings. The zero-order chi connectivity index (χ0) is 14.0. The molecule has 1 heterocycles. The van der Waals surface area contributed by atoms with Crippen LogP contribution in [-0.2, 0) is 0 Å². The summed E-state index contributed by atoms with van der Waals surface area (Å²) in [5, 5.41) is 2.25. The Balaban J connectivity index is 2.34. The quantitative estimate of drug-likeness (QED) is 0.660. The molecule has 0 aliphatic carbocycles. The molecule has 0 saturated heterocycles. The third-order valence-corrected chi connectivity index (χ3v) is 2.80. The Kier molecular flexibility index (Phi) is 3.82. The molecular weight excluding hydrogens is 294 g/mol. The summed E-state index contributed by atoms with van der Waals surface area (Å²) in [6, 6.07) is 3.64. The number of carbonyl (C=O) groups is 1. The molecule has 0 bridgehead atoms. The first-order valence-corrected chi connectivity index (χ1v) is 5.77. The van der Waals surface area contributed by atoms with Gasteiger partial charge in [0.2, 0.25) is 0 Å². The van der Waals surface area contributed by atoms with Crippen molar-refractivity contribution in [3.05, 3.63) is 46.2 Å². The average Bonchev–Trinajstić information content (AvgIpc) is 2.37.